The number of amides is 3. The predicted octanol–water partition coefficient (Wildman–Crippen LogP) is 0.523. The van der Waals surface area contributed by atoms with Crippen molar-refractivity contribution >= 4 is 23.4 Å². The molecular weight excluding hydrogens is 338 g/mol. The minimum atomic E-state index is -0.599. The first-order valence-electron chi connectivity index (χ1n) is 8.69. The van der Waals surface area contributed by atoms with Crippen molar-refractivity contribution in [3.05, 3.63) is 29.3 Å². The Morgan fingerprint density at radius 1 is 1.23 bits per heavy atom. The molecule has 0 aromatic heterocycles. The van der Waals surface area contributed by atoms with Crippen LogP contribution in [0.15, 0.2) is 18.2 Å². The smallest absolute Gasteiger partial charge is 0.255 e. The fourth-order valence-corrected chi connectivity index (χ4v) is 3.25. The minimum absolute atomic E-state index is 0.172. The number of methoxy groups -OCH3 is 1. The highest BCUT2D eigenvalue weighted by molar-refractivity contribution is 6.06. The largest absolute Gasteiger partial charge is 0.382 e. The van der Waals surface area contributed by atoms with Crippen LogP contribution in [0.2, 0.25) is 0 Å². The second-order valence-corrected chi connectivity index (χ2v) is 6.26. The van der Waals surface area contributed by atoms with E-state index in [1.54, 1.807) is 18.1 Å². The Balaban J connectivity index is 1.64. The van der Waals surface area contributed by atoms with Crippen LogP contribution >= 0.6 is 0 Å². The van der Waals surface area contributed by atoms with E-state index in [1.807, 2.05) is 12.1 Å². The number of anilines is 1. The van der Waals surface area contributed by atoms with E-state index >= 15 is 0 Å². The molecule has 0 bridgehead atoms. The summed E-state index contributed by atoms with van der Waals surface area (Å²) in [5, 5.41) is 5.60. The Bertz CT molecular complexity index is 706. The highest BCUT2D eigenvalue weighted by Gasteiger charge is 2.39. The lowest BCUT2D eigenvalue weighted by atomic mass is 10.0. The van der Waals surface area contributed by atoms with Gasteiger partial charge in [-0.2, -0.15) is 0 Å². The molecule has 140 valence electrons. The van der Waals surface area contributed by atoms with Gasteiger partial charge in [0.05, 0.1) is 19.8 Å². The van der Waals surface area contributed by atoms with Gasteiger partial charge in [-0.3, -0.25) is 19.7 Å². The van der Waals surface area contributed by atoms with Crippen molar-refractivity contribution in [3.8, 4) is 0 Å². The van der Waals surface area contributed by atoms with Crippen LogP contribution < -0.4 is 10.6 Å². The average Bonchev–Trinajstić information content (AvgIpc) is 2.96. The molecule has 2 aliphatic heterocycles. The highest BCUT2D eigenvalue weighted by atomic mass is 16.5. The number of ether oxygens (including phenoxy) is 2. The molecule has 1 atom stereocenters. The molecular formula is C18H23N3O5. The topological polar surface area (TPSA) is 97.0 Å². The molecule has 3 amide bonds. The molecule has 2 aliphatic rings. The molecule has 1 unspecified atom stereocenters. The van der Waals surface area contributed by atoms with E-state index in [9.17, 15) is 14.4 Å². The van der Waals surface area contributed by atoms with E-state index in [4.69, 9.17) is 9.47 Å². The number of nitrogens with one attached hydrogen (secondary N) is 2. The van der Waals surface area contributed by atoms with Gasteiger partial charge in [0.25, 0.3) is 5.91 Å². The Labute approximate surface area is 151 Å². The summed E-state index contributed by atoms with van der Waals surface area (Å²) in [7, 11) is 1.63. The third-order valence-corrected chi connectivity index (χ3v) is 4.58. The Hall–Kier alpha value is -2.45. The fraction of sp³-hybridized carbons (Fsp3) is 0.500. The lowest BCUT2D eigenvalue weighted by Crippen LogP contribution is -2.52. The first-order valence-corrected chi connectivity index (χ1v) is 8.69. The van der Waals surface area contributed by atoms with Crippen LogP contribution in [0.3, 0.4) is 0 Å². The van der Waals surface area contributed by atoms with Crippen molar-refractivity contribution in [2.75, 3.05) is 38.8 Å². The number of carbonyl (C=O) groups excluding carboxylic acids is 3. The fourth-order valence-electron chi connectivity index (χ4n) is 3.25. The number of rotatable bonds is 8. The zero-order valence-corrected chi connectivity index (χ0v) is 14.7. The van der Waals surface area contributed by atoms with Gasteiger partial charge in [-0.15, -0.1) is 0 Å². The minimum Gasteiger partial charge on any atom is -0.382 e. The first kappa shape index (κ1) is 18.3. The molecule has 0 spiro atoms. The summed E-state index contributed by atoms with van der Waals surface area (Å²) in [5.74, 6) is -0.857. The maximum Gasteiger partial charge on any atom is 0.255 e. The molecule has 2 heterocycles. The second-order valence-electron chi connectivity index (χ2n) is 6.26. The van der Waals surface area contributed by atoms with Gasteiger partial charge >= 0.3 is 0 Å². The summed E-state index contributed by atoms with van der Waals surface area (Å²) in [6.07, 6.45) is 0.612. The zero-order chi connectivity index (χ0) is 18.5. The molecule has 1 fully saturated rings. The summed E-state index contributed by atoms with van der Waals surface area (Å²) in [5.41, 5.74) is 2.33. The zero-order valence-electron chi connectivity index (χ0n) is 14.7. The average molecular weight is 361 g/mol. The van der Waals surface area contributed by atoms with Gasteiger partial charge in [0, 0.05) is 43.4 Å². The Morgan fingerprint density at radius 2 is 2.08 bits per heavy atom. The Kier molecular flexibility index (Phi) is 5.85. The maximum atomic E-state index is 12.7. The summed E-state index contributed by atoms with van der Waals surface area (Å²) < 4.78 is 10.3. The lowest BCUT2D eigenvalue weighted by molar-refractivity contribution is -0.136. The molecule has 8 heteroatoms. The molecule has 1 aromatic rings. The summed E-state index contributed by atoms with van der Waals surface area (Å²) >= 11 is 0. The molecule has 26 heavy (non-hydrogen) atoms. The van der Waals surface area contributed by atoms with E-state index in [1.165, 1.54) is 0 Å². The number of benzene rings is 1. The van der Waals surface area contributed by atoms with Crippen molar-refractivity contribution in [2.45, 2.75) is 25.4 Å². The van der Waals surface area contributed by atoms with Gasteiger partial charge in [0.15, 0.2) is 0 Å². The summed E-state index contributed by atoms with van der Waals surface area (Å²) in [4.78, 5) is 37.7. The molecule has 3 rings (SSSR count). The molecule has 1 aromatic carbocycles. The summed E-state index contributed by atoms with van der Waals surface area (Å²) in [6.45, 7) is 2.57. The van der Waals surface area contributed by atoms with Gasteiger partial charge in [-0.05, 0) is 18.6 Å². The predicted molar refractivity (Wildman–Crippen MR) is 93.7 cm³/mol. The van der Waals surface area contributed by atoms with Crippen molar-refractivity contribution in [1.29, 1.82) is 0 Å². The number of piperidine rings is 1. The van der Waals surface area contributed by atoms with Crippen LogP contribution in [-0.4, -0.2) is 62.1 Å². The van der Waals surface area contributed by atoms with Crippen LogP contribution in [0.5, 0.6) is 0 Å². The number of hydrogen-bond donors (Lipinski definition) is 2. The van der Waals surface area contributed by atoms with E-state index in [0.717, 1.165) is 11.3 Å². The molecule has 0 radical (unpaired) electrons. The Morgan fingerprint density at radius 3 is 2.85 bits per heavy atom. The monoisotopic (exact) mass is 361 g/mol. The lowest BCUT2D eigenvalue weighted by Gasteiger charge is -2.29. The SMILES string of the molecule is COCCOCCNc1cccc2c1CN(C1CCC(=O)NC1=O)C2=O. The maximum absolute atomic E-state index is 12.7. The number of carbonyl (C=O) groups is 3. The van der Waals surface area contributed by atoms with Gasteiger partial charge < -0.3 is 19.7 Å². The van der Waals surface area contributed by atoms with Crippen LogP contribution in [0, 0.1) is 0 Å². The van der Waals surface area contributed by atoms with Crippen molar-refractivity contribution < 1.29 is 23.9 Å². The molecule has 0 saturated carbocycles. The quantitative estimate of drug-likeness (QED) is 0.518. The molecule has 1 saturated heterocycles. The van der Waals surface area contributed by atoms with Gasteiger partial charge in [0.1, 0.15) is 6.04 Å². The summed E-state index contributed by atoms with van der Waals surface area (Å²) in [6, 6.07) is 4.90. The molecule has 8 nitrogen and oxygen atoms in total. The standard InChI is InChI=1S/C18H23N3O5/c1-25-9-10-26-8-7-19-14-4-2-3-12-13(14)11-21(18(12)24)15-5-6-16(22)20-17(15)23/h2-4,15,19H,5-11H2,1H3,(H,20,22,23). The van der Waals surface area contributed by atoms with Crippen LogP contribution in [0.25, 0.3) is 0 Å². The molecule has 2 N–H and O–H groups in total. The molecule has 0 aliphatic carbocycles. The van der Waals surface area contributed by atoms with Gasteiger partial charge in [-0.1, -0.05) is 6.07 Å². The number of fused-ring (bicyclic) bond motifs is 1. The van der Waals surface area contributed by atoms with Gasteiger partial charge in [0.2, 0.25) is 11.8 Å². The van der Waals surface area contributed by atoms with Crippen LogP contribution in [0.4, 0.5) is 5.69 Å². The number of imide groups is 1. The second kappa shape index (κ2) is 8.29. The van der Waals surface area contributed by atoms with E-state index in [0.29, 0.717) is 44.9 Å². The van der Waals surface area contributed by atoms with Crippen molar-refractivity contribution in [3.63, 3.8) is 0 Å². The number of hydrogen-bond acceptors (Lipinski definition) is 6. The highest BCUT2D eigenvalue weighted by Crippen LogP contribution is 2.32. The number of nitrogens with zero attached hydrogens (tertiary/aromatic N) is 1. The third kappa shape index (κ3) is 3.86. The van der Waals surface area contributed by atoms with E-state index in [-0.39, 0.29) is 18.2 Å². The van der Waals surface area contributed by atoms with E-state index in [2.05, 4.69) is 10.6 Å². The van der Waals surface area contributed by atoms with Crippen LogP contribution in [-0.2, 0) is 25.6 Å². The third-order valence-electron chi connectivity index (χ3n) is 4.58. The van der Waals surface area contributed by atoms with Crippen LogP contribution in [0.1, 0.15) is 28.8 Å². The first-order chi connectivity index (χ1) is 12.6. The normalized spacial score (nSPS) is 19.5. The van der Waals surface area contributed by atoms with Crippen molar-refractivity contribution in [2.24, 2.45) is 0 Å². The van der Waals surface area contributed by atoms with E-state index < -0.39 is 11.9 Å². The van der Waals surface area contributed by atoms with Crippen molar-refractivity contribution in [1.82, 2.24) is 10.2 Å². The van der Waals surface area contributed by atoms with Gasteiger partial charge in [-0.25, -0.2) is 0 Å².